The van der Waals surface area contributed by atoms with Crippen LogP contribution in [0.5, 0.6) is 0 Å². The number of rotatable bonds is 9. The molecule has 0 unspecified atom stereocenters. The Labute approximate surface area is 167 Å². The first-order valence-electron chi connectivity index (χ1n) is 9.35. The van der Waals surface area contributed by atoms with E-state index in [9.17, 15) is 9.59 Å². The van der Waals surface area contributed by atoms with Crippen LogP contribution in [0.15, 0.2) is 42.5 Å². The number of hydrogen-bond acceptors (Lipinski definition) is 4. The molecule has 0 saturated heterocycles. The largest absolute Gasteiger partial charge is 0.351 e. The maximum Gasteiger partial charge on any atom is 0.251 e. The van der Waals surface area contributed by atoms with Crippen LogP contribution < -0.4 is 10.6 Å². The first kappa shape index (κ1) is 21.6. The molecule has 0 aromatic heterocycles. The molecular formula is C22H29N4O2. The fourth-order valence-electron chi connectivity index (χ4n) is 2.59. The van der Waals surface area contributed by atoms with Crippen molar-refractivity contribution >= 4 is 11.8 Å². The zero-order valence-corrected chi connectivity index (χ0v) is 17.1. The highest BCUT2D eigenvalue weighted by molar-refractivity contribution is 5.97. The van der Waals surface area contributed by atoms with E-state index >= 15 is 0 Å². The van der Waals surface area contributed by atoms with Crippen LogP contribution in [0.4, 0.5) is 0 Å². The number of likely N-dealkylation sites (N-methyl/N-ethyl adjacent to an activating group) is 2. The van der Waals surface area contributed by atoms with Crippen LogP contribution >= 0.6 is 0 Å². The van der Waals surface area contributed by atoms with E-state index in [1.54, 1.807) is 24.3 Å². The maximum atomic E-state index is 12.4. The molecule has 6 heteroatoms. The van der Waals surface area contributed by atoms with Crippen molar-refractivity contribution in [2.75, 3.05) is 54.4 Å². The zero-order valence-electron chi connectivity index (χ0n) is 17.1. The van der Waals surface area contributed by atoms with E-state index in [1.165, 1.54) is 0 Å². The number of benzene rings is 2. The standard InChI is InChI=1S/C22H29N4O2/c1-25(2)13-11-23-21(27)19-9-5-7-17(15-19)18-8-6-10-20(16-18)22(28)24-12-14-26(3)4/h5-7,9-10,15-16H,11-14H2,1-4H3,(H,23,27)(H,24,28). The lowest BCUT2D eigenvalue weighted by Crippen LogP contribution is -2.31. The summed E-state index contributed by atoms with van der Waals surface area (Å²) in [4.78, 5) is 28.7. The fourth-order valence-corrected chi connectivity index (χ4v) is 2.59. The number of nitrogens with zero attached hydrogens (tertiary/aromatic N) is 2. The summed E-state index contributed by atoms with van der Waals surface area (Å²) in [5, 5.41) is 5.82. The lowest BCUT2D eigenvalue weighted by Gasteiger charge is -2.12. The molecule has 0 saturated carbocycles. The normalized spacial score (nSPS) is 10.9. The summed E-state index contributed by atoms with van der Waals surface area (Å²) >= 11 is 0. The molecule has 0 aliphatic rings. The second-order valence-corrected chi connectivity index (χ2v) is 7.19. The van der Waals surface area contributed by atoms with Gasteiger partial charge in [0.05, 0.1) is 0 Å². The van der Waals surface area contributed by atoms with E-state index < -0.39 is 0 Å². The van der Waals surface area contributed by atoms with Gasteiger partial charge < -0.3 is 20.4 Å². The molecule has 28 heavy (non-hydrogen) atoms. The molecule has 0 spiro atoms. The number of nitrogens with one attached hydrogen (secondary N) is 2. The van der Waals surface area contributed by atoms with Crippen molar-refractivity contribution in [3.8, 4) is 11.1 Å². The summed E-state index contributed by atoms with van der Waals surface area (Å²) in [5.41, 5.74) is 2.80. The first-order chi connectivity index (χ1) is 13.4. The van der Waals surface area contributed by atoms with Crippen molar-refractivity contribution in [2.24, 2.45) is 0 Å². The minimum Gasteiger partial charge on any atom is -0.351 e. The number of amides is 2. The Balaban J connectivity index is 2.09. The van der Waals surface area contributed by atoms with Gasteiger partial charge in [0, 0.05) is 37.3 Å². The summed E-state index contributed by atoms with van der Waals surface area (Å²) < 4.78 is 0. The molecule has 2 rings (SSSR count). The van der Waals surface area contributed by atoms with Crippen molar-refractivity contribution in [3.05, 3.63) is 59.7 Å². The second kappa shape index (κ2) is 10.6. The third kappa shape index (κ3) is 6.79. The third-order valence-electron chi connectivity index (χ3n) is 4.19. The average Bonchev–Trinajstić information content (AvgIpc) is 2.67. The summed E-state index contributed by atoms with van der Waals surface area (Å²) in [6, 6.07) is 15.8. The topological polar surface area (TPSA) is 64.7 Å². The predicted octanol–water partition coefficient (Wildman–Crippen LogP) is 1.74. The average molecular weight is 382 g/mol. The maximum absolute atomic E-state index is 12.4. The minimum atomic E-state index is -0.116. The molecule has 2 aromatic rings. The van der Waals surface area contributed by atoms with Gasteiger partial charge in [-0.15, -0.1) is 0 Å². The quantitative estimate of drug-likeness (QED) is 0.694. The molecule has 0 bridgehead atoms. The highest BCUT2D eigenvalue weighted by Crippen LogP contribution is 2.21. The Bertz CT molecular complexity index is 735. The van der Waals surface area contributed by atoms with Crippen molar-refractivity contribution < 1.29 is 9.59 Å². The monoisotopic (exact) mass is 381 g/mol. The van der Waals surface area contributed by atoms with E-state index in [4.69, 9.17) is 0 Å². The Morgan fingerprint density at radius 2 is 1.43 bits per heavy atom. The summed E-state index contributed by atoms with van der Waals surface area (Å²) in [5.74, 6) is -0.226. The van der Waals surface area contributed by atoms with Crippen LogP contribution in [0.2, 0.25) is 0 Å². The van der Waals surface area contributed by atoms with E-state index in [2.05, 4.69) is 16.7 Å². The van der Waals surface area contributed by atoms with E-state index in [1.807, 2.05) is 56.2 Å². The van der Waals surface area contributed by atoms with E-state index in [0.29, 0.717) is 24.2 Å². The van der Waals surface area contributed by atoms with Crippen LogP contribution in [0.25, 0.3) is 11.1 Å². The Kier molecular flexibility index (Phi) is 8.17. The lowest BCUT2D eigenvalue weighted by molar-refractivity contribution is 0.0942. The van der Waals surface area contributed by atoms with Gasteiger partial charge in [0.1, 0.15) is 0 Å². The zero-order chi connectivity index (χ0) is 20.5. The third-order valence-corrected chi connectivity index (χ3v) is 4.19. The molecule has 0 aliphatic heterocycles. The Hall–Kier alpha value is -2.70. The number of carbonyl (C=O) groups is 2. The van der Waals surface area contributed by atoms with Crippen molar-refractivity contribution in [1.29, 1.82) is 0 Å². The number of hydrogen-bond donors (Lipinski definition) is 2. The second-order valence-electron chi connectivity index (χ2n) is 7.19. The van der Waals surface area contributed by atoms with Crippen molar-refractivity contribution in [1.82, 2.24) is 20.4 Å². The molecule has 2 amide bonds. The van der Waals surface area contributed by atoms with Crippen LogP contribution in [0.3, 0.4) is 0 Å². The highest BCUT2D eigenvalue weighted by Gasteiger charge is 2.10. The predicted molar refractivity (Wildman–Crippen MR) is 112 cm³/mol. The van der Waals surface area contributed by atoms with Crippen LogP contribution in [0.1, 0.15) is 20.7 Å². The molecule has 2 aromatic carbocycles. The summed E-state index contributed by atoms with van der Waals surface area (Å²) in [6.45, 7) is 2.74. The van der Waals surface area contributed by atoms with Gasteiger partial charge in [-0.25, -0.2) is 0 Å². The summed E-state index contributed by atoms with van der Waals surface area (Å²) in [6.07, 6.45) is 0. The fraction of sp³-hybridized carbons (Fsp3) is 0.364. The van der Waals surface area contributed by atoms with Crippen LogP contribution in [0, 0.1) is 6.07 Å². The Morgan fingerprint density at radius 3 is 2.00 bits per heavy atom. The van der Waals surface area contributed by atoms with Gasteiger partial charge in [0.2, 0.25) is 0 Å². The lowest BCUT2D eigenvalue weighted by atomic mass is 10.0. The molecule has 0 fully saturated rings. The molecule has 1 radical (unpaired) electrons. The smallest absolute Gasteiger partial charge is 0.251 e. The van der Waals surface area contributed by atoms with Gasteiger partial charge in [-0.2, -0.15) is 0 Å². The molecule has 0 aliphatic carbocycles. The molecule has 2 N–H and O–H groups in total. The van der Waals surface area contributed by atoms with Crippen LogP contribution in [-0.4, -0.2) is 76.0 Å². The minimum absolute atomic E-state index is 0.110. The van der Waals surface area contributed by atoms with Crippen LogP contribution in [-0.2, 0) is 0 Å². The SMILES string of the molecule is CN(C)CCNC(=O)c1cc[c]c(-c2cccc(C(=O)NCCN(C)C)c2)c1. The van der Waals surface area contributed by atoms with Gasteiger partial charge >= 0.3 is 0 Å². The number of carbonyl (C=O) groups excluding carboxylic acids is 2. The summed E-state index contributed by atoms with van der Waals surface area (Å²) in [7, 11) is 7.86. The Morgan fingerprint density at radius 1 is 0.857 bits per heavy atom. The molecule has 6 nitrogen and oxygen atoms in total. The van der Waals surface area contributed by atoms with Gasteiger partial charge in [-0.3, -0.25) is 9.59 Å². The van der Waals surface area contributed by atoms with E-state index in [-0.39, 0.29) is 11.8 Å². The van der Waals surface area contributed by atoms with E-state index in [0.717, 1.165) is 24.2 Å². The molecule has 149 valence electrons. The van der Waals surface area contributed by atoms with Gasteiger partial charge in [-0.05, 0) is 69.6 Å². The molecule has 0 atom stereocenters. The molecule has 0 heterocycles. The molecular weight excluding hydrogens is 352 g/mol. The van der Waals surface area contributed by atoms with Gasteiger partial charge in [-0.1, -0.05) is 18.2 Å². The van der Waals surface area contributed by atoms with Crippen molar-refractivity contribution in [2.45, 2.75) is 0 Å². The van der Waals surface area contributed by atoms with Gasteiger partial charge in [0.25, 0.3) is 11.8 Å². The van der Waals surface area contributed by atoms with Gasteiger partial charge in [0.15, 0.2) is 0 Å². The van der Waals surface area contributed by atoms with Crippen molar-refractivity contribution in [3.63, 3.8) is 0 Å². The first-order valence-corrected chi connectivity index (χ1v) is 9.35. The highest BCUT2D eigenvalue weighted by atomic mass is 16.2.